The number of urea groups is 1. The Morgan fingerprint density at radius 1 is 1.24 bits per heavy atom. The predicted molar refractivity (Wildman–Crippen MR) is 99.3 cm³/mol. The van der Waals surface area contributed by atoms with Crippen LogP contribution in [0.5, 0.6) is 5.75 Å². The molecule has 1 aromatic carbocycles. The third kappa shape index (κ3) is 4.41. The Morgan fingerprint density at radius 2 is 2.04 bits per heavy atom. The number of hydrogen-bond acceptors (Lipinski definition) is 4. The zero-order valence-electron chi connectivity index (χ0n) is 14.7. The van der Waals surface area contributed by atoms with Crippen molar-refractivity contribution in [1.82, 2.24) is 10.3 Å². The Bertz CT molecular complexity index is 742. The molecule has 0 spiro atoms. The van der Waals surface area contributed by atoms with Gasteiger partial charge in [-0.1, -0.05) is 6.07 Å². The number of ether oxygens (including phenoxy) is 1. The number of nitrogens with one attached hydrogen (secondary N) is 2. The molecule has 1 aliphatic heterocycles. The summed E-state index contributed by atoms with van der Waals surface area (Å²) in [7, 11) is 1.59. The summed E-state index contributed by atoms with van der Waals surface area (Å²) in [6, 6.07) is 9.36. The third-order valence-corrected chi connectivity index (χ3v) is 4.30. The van der Waals surface area contributed by atoms with E-state index in [4.69, 9.17) is 4.74 Å². The number of aromatic nitrogens is 1. The normalized spacial score (nSPS) is 13.6. The van der Waals surface area contributed by atoms with Crippen LogP contribution in [0.25, 0.3) is 0 Å². The molecular weight excluding hydrogens is 316 g/mol. The second-order valence-electron chi connectivity index (χ2n) is 6.23. The van der Waals surface area contributed by atoms with Crippen LogP contribution in [0.2, 0.25) is 0 Å². The second-order valence-corrected chi connectivity index (χ2v) is 6.23. The molecule has 0 atom stereocenters. The zero-order chi connectivity index (χ0) is 17.6. The first-order valence-electron chi connectivity index (χ1n) is 8.55. The van der Waals surface area contributed by atoms with Gasteiger partial charge in [0.15, 0.2) is 0 Å². The van der Waals surface area contributed by atoms with Gasteiger partial charge >= 0.3 is 6.03 Å². The molecule has 1 saturated heterocycles. The third-order valence-electron chi connectivity index (χ3n) is 4.30. The summed E-state index contributed by atoms with van der Waals surface area (Å²) in [6.07, 6.45) is 4.22. The largest absolute Gasteiger partial charge is 0.495 e. The minimum atomic E-state index is -0.262. The van der Waals surface area contributed by atoms with Gasteiger partial charge in [-0.05, 0) is 55.2 Å². The zero-order valence-corrected chi connectivity index (χ0v) is 14.7. The van der Waals surface area contributed by atoms with Gasteiger partial charge in [-0.3, -0.25) is 0 Å². The summed E-state index contributed by atoms with van der Waals surface area (Å²) in [4.78, 5) is 18.9. The number of aryl methyl sites for hydroxylation is 1. The predicted octanol–water partition coefficient (Wildman–Crippen LogP) is 3.32. The molecule has 6 nitrogen and oxygen atoms in total. The minimum Gasteiger partial charge on any atom is -0.495 e. The van der Waals surface area contributed by atoms with E-state index in [0.717, 1.165) is 30.0 Å². The monoisotopic (exact) mass is 340 g/mol. The molecule has 2 N–H and O–H groups in total. The first-order chi connectivity index (χ1) is 12.2. The standard InChI is InChI=1S/C19H24N4O2/c1-14-5-6-16(17(11-14)25-2)22-19(24)21-13-15-7-8-20-18(12-15)23-9-3-4-10-23/h5-8,11-12H,3-4,9-10,13H2,1-2H3,(H2,21,22,24). The van der Waals surface area contributed by atoms with E-state index < -0.39 is 0 Å². The first kappa shape index (κ1) is 17.1. The highest BCUT2D eigenvalue weighted by Gasteiger charge is 2.14. The maximum Gasteiger partial charge on any atom is 0.319 e. The van der Waals surface area contributed by atoms with Crippen molar-refractivity contribution in [2.45, 2.75) is 26.3 Å². The molecule has 6 heteroatoms. The van der Waals surface area contributed by atoms with Crippen molar-refractivity contribution in [3.8, 4) is 5.75 Å². The molecule has 0 saturated carbocycles. The van der Waals surface area contributed by atoms with Crippen molar-refractivity contribution in [2.24, 2.45) is 0 Å². The van der Waals surface area contributed by atoms with Crippen LogP contribution in [-0.2, 0) is 6.54 Å². The summed E-state index contributed by atoms with van der Waals surface area (Å²) in [6.45, 7) is 4.53. The number of anilines is 2. The van der Waals surface area contributed by atoms with Crippen LogP contribution in [0, 0.1) is 6.92 Å². The van der Waals surface area contributed by atoms with Crippen molar-refractivity contribution >= 4 is 17.5 Å². The number of carbonyl (C=O) groups is 1. The molecule has 2 aromatic rings. The van der Waals surface area contributed by atoms with E-state index in [2.05, 4.69) is 20.5 Å². The lowest BCUT2D eigenvalue weighted by Crippen LogP contribution is -2.28. The Kier molecular flexibility index (Phi) is 5.38. The molecule has 1 fully saturated rings. The van der Waals surface area contributed by atoms with Crippen molar-refractivity contribution in [3.63, 3.8) is 0 Å². The molecule has 132 valence electrons. The molecule has 2 amide bonds. The number of carbonyl (C=O) groups excluding carboxylic acids is 1. The van der Waals surface area contributed by atoms with E-state index in [1.807, 2.05) is 37.3 Å². The summed E-state index contributed by atoms with van der Waals surface area (Å²) >= 11 is 0. The van der Waals surface area contributed by atoms with Crippen LogP contribution in [0.1, 0.15) is 24.0 Å². The van der Waals surface area contributed by atoms with Gasteiger partial charge in [0.25, 0.3) is 0 Å². The van der Waals surface area contributed by atoms with Gasteiger partial charge in [0.1, 0.15) is 11.6 Å². The lowest BCUT2D eigenvalue weighted by atomic mass is 10.2. The molecule has 0 aliphatic carbocycles. The van der Waals surface area contributed by atoms with E-state index >= 15 is 0 Å². The van der Waals surface area contributed by atoms with Gasteiger partial charge in [-0.15, -0.1) is 0 Å². The minimum absolute atomic E-state index is 0.262. The lowest BCUT2D eigenvalue weighted by Gasteiger charge is -2.17. The summed E-state index contributed by atoms with van der Waals surface area (Å²) < 4.78 is 5.31. The van der Waals surface area contributed by atoms with Crippen LogP contribution < -0.4 is 20.3 Å². The van der Waals surface area contributed by atoms with Crippen LogP contribution >= 0.6 is 0 Å². The molecular formula is C19H24N4O2. The number of amides is 2. The van der Waals surface area contributed by atoms with Gasteiger partial charge in [-0.25, -0.2) is 9.78 Å². The van der Waals surface area contributed by atoms with Crippen LogP contribution in [0.15, 0.2) is 36.5 Å². The molecule has 0 radical (unpaired) electrons. The quantitative estimate of drug-likeness (QED) is 0.876. The van der Waals surface area contributed by atoms with Gasteiger partial charge < -0.3 is 20.3 Å². The Labute approximate surface area is 148 Å². The van der Waals surface area contributed by atoms with Crippen molar-refractivity contribution < 1.29 is 9.53 Å². The average Bonchev–Trinajstić information content (AvgIpc) is 3.16. The average molecular weight is 340 g/mol. The second kappa shape index (κ2) is 7.88. The number of hydrogen-bond donors (Lipinski definition) is 2. The van der Waals surface area contributed by atoms with E-state index in [0.29, 0.717) is 18.0 Å². The molecule has 1 aliphatic rings. The van der Waals surface area contributed by atoms with Crippen LogP contribution in [0.3, 0.4) is 0 Å². The number of rotatable bonds is 5. The topological polar surface area (TPSA) is 66.5 Å². The van der Waals surface area contributed by atoms with E-state index in [9.17, 15) is 4.79 Å². The highest BCUT2D eigenvalue weighted by Crippen LogP contribution is 2.25. The lowest BCUT2D eigenvalue weighted by molar-refractivity contribution is 0.251. The number of pyridine rings is 1. The number of nitrogens with zero attached hydrogens (tertiary/aromatic N) is 2. The fraction of sp³-hybridized carbons (Fsp3) is 0.368. The van der Waals surface area contributed by atoms with E-state index in [1.165, 1.54) is 12.8 Å². The molecule has 25 heavy (non-hydrogen) atoms. The van der Waals surface area contributed by atoms with Gasteiger partial charge in [0, 0.05) is 25.8 Å². The van der Waals surface area contributed by atoms with Crippen LogP contribution in [-0.4, -0.2) is 31.2 Å². The van der Waals surface area contributed by atoms with Gasteiger partial charge in [0.05, 0.1) is 12.8 Å². The summed E-state index contributed by atoms with van der Waals surface area (Å²) in [5.41, 5.74) is 2.76. The maximum absolute atomic E-state index is 12.2. The Morgan fingerprint density at radius 3 is 2.80 bits per heavy atom. The van der Waals surface area contributed by atoms with Gasteiger partial charge in [-0.2, -0.15) is 0 Å². The maximum atomic E-state index is 12.2. The first-order valence-corrected chi connectivity index (χ1v) is 8.55. The molecule has 3 rings (SSSR count). The van der Waals surface area contributed by atoms with Crippen molar-refractivity contribution in [1.29, 1.82) is 0 Å². The summed E-state index contributed by atoms with van der Waals surface area (Å²) in [5.74, 6) is 1.63. The fourth-order valence-electron chi connectivity index (χ4n) is 2.94. The van der Waals surface area contributed by atoms with E-state index in [-0.39, 0.29) is 6.03 Å². The smallest absolute Gasteiger partial charge is 0.319 e. The van der Waals surface area contributed by atoms with Crippen molar-refractivity contribution in [2.75, 3.05) is 30.4 Å². The number of methoxy groups -OCH3 is 1. The fourth-order valence-corrected chi connectivity index (χ4v) is 2.94. The number of benzene rings is 1. The summed E-state index contributed by atoms with van der Waals surface area (Å²) in [5, 5.41) is 5.71. The Balaban J connectivity index is 1.58. The Hall–Kier alpha value is -2.76. The molecule has 0 bridgehead atoms. The SMILES string of the molecule is COc1cc(C)ccc1NC(=O)NCc1ccnc(N2CCCC2)c1. The molecule has 1 aromatic heterocycles. The van der Waals surface area contributed by atoms with Crippen LogP contribution in [0.4, 0.5) is 16.3 Å². The molecule has 0 unspecified atom stereocenters. The van der Waals surface area contributed by atoms with Crippen molar-refractivity contribution in [3.05, 3.63) is 47.7 Å². The molecule has 2 heterocycles. The highest BCUT2D eigenvalue weighted by molar-refractivity contribution is 5.90. The van der Waals surface area contributed by atoms with Gasteiger partial charge in [0.2, 0.25) is 0 Å². The van der Waals surface area contributed by atoms with E-state index in [1.54, 1.807) is 13.3 Å². The highest BCUT2D eigenvalue weighted by atomic mass is 16.5.